The summed E-state index contributed by atoms with van der Waals surface area (Å²) in [6.07, 6.45) is 5.37. The molecule has 0 atom stereocenters. The normalized spacial score (nSPS) is 15.1. The second-order valence-electron chi connectivity index (χ2n) is 5.46. The van der Waals surface area contributed by atoms with Crippen LogP contribution in [0.2, 0.25) is 0 Å². The zero-order valence-electron chi connectivity index (χ0n) is 12.1. The molecule has 1 aromatic carbocycles. The van der Waals surface area contributed by atoms with Gasteiger partial charge in [-0.3, -0.25) is 4.79 Å². The van der Waals surface area contributed by atoms with Crippen LogP contribution in [0.5, 0.6) is 0 Å². The predicted molar refractivity (Wildman–Crippen MR) is 85.7 cm³/mol. The number of nitrogens with zero attached hydrogens (tertiary/aromatic N) is 2. The summed E-state index contributed by atoms with van der Waals surface area (Å²) in [5.74, 6) is 0.108. The van der Waals surface area contributed by atoms with Crippen molar-refractivity contribution in [3.05, 3.63) is 52.0 Å². The van der Waals surface area contributed by atoms with E-state index in [1.165, 1.54) is 12.0 Å². The van der Waals surface area contributed by atoms with Gasteiger partial charge in [-0.05, 0) is 31.2 Å². The Bertz CT molecular complexity index is 588. The van der Waals surface area contributed by atoms with E-state index in [0.717, 1.165) is 43.8 Å². The summed E-state index contributed by atoms with van der Waals surface area (Å²) in [6.45, 7) is 1.77. The monoisotopic (exact) mass is 300 g/mol. The van der Waals surface area contributed by atoms with Gasteiger partial charge in [0.2, 0.25) is 0 Å². The molecule has 0 spiro atoms. The summed E-state index contributed by atoms with van der Waals surface area (Å²) >= 11 is 1.60. The number of aromatic nitrogens is 1. The molecule has 1 amide bonds. The molecule has 2 aromatic rings. The third kappa shape index (κ3) is 3.70. The van der Waals surface area contributed by atoms with Gasteiger partial charge < -0.3 is 4.90 Å². The van der Waals surface area contributed by atoms with E-state index in [1.54, 1.807) is 11.3 Å². The fraction of sp³-hybridized carbons (Fsp3) is 0.412. The van der Waals surface area contributed by atoms with Crippen molar-refractivity contribution in [2.45, 2.75) is 32.1 Å². The highest BCUT2D eigenvalue weighted by Crippen LogP contribution is 2.17. The van der Waals surface area contributed by atoms with Crippen LogP contribution in [0.15, 0.2) is 35.7 Å². The largest absolute Gasteiger partial charge is 0.337 e. The molecule has 0 N–H and O–H groups in total. The SMILES string of the molecule is O=C(c1csc(CCc2ccccc2)n1)N1CCCCC1. The maximum absolute atomic E-state index is 12.4. The summed E-state index contributed by atoms with van der Waals surface area (Å²) in [6, 6.07) is 10.4. The zero-order chi connectivity index (χ0) is 14.5. The Hall–Kier alpha value is -1.68. The van der Waals surface area contributed by atoms with Gasteiger partial charge in [0.15, 0.2) is 0 Å². The number of benzene rings is 1. The molecule has 1 fully saturated rings. The summed E-state index contributed by atoms with van der Waals surface area (Å²) in [7, 11) is 0. The van der Waals surface area contributed by atoms with Gasteiger partial charge >= 0.3 is 0 Å². The molecule has 110 valence electrons. The van der Waals surface area contributed by atoms with E-state index in [2.05, 4.69) is 29.2 Å². The van der Waals surface area contributed by atoms with Crippen molar-refractivity contribution in [2.75, 3.05) is 13.1 Å². The summed E-state index contributed by atoms with van der Waals surface area (Å²) in [4.78, 5) is 18.8. The molecule has 0 radical (unpaired) electrons. The van der Waals surface area contributed by atoms with Gasteiger partial charge in [-0.2, -0.15) is 0 Å². The minimum Gasteiger partial charge on any atom is -0.337 e. The fourth-order valence-electron chi connectivity index (χ4n) is 2.68. The van der Waals surface area contributed by atoms with Crippen molar-refractivity contribution in [3.8, 4) is 0 Å². The smallest absolute Gasteiger partial charge is 0.273 e. The quantitative estimate of drug-likeness (QED) is 0.865. The lowest BCUT2D eigenvalue weighted by Crippen LogP contribution is -2.35. The summed E-state index contributed by atoms with van der Waals surface area (Å²) in [5.41, 5.74) is 1.95. The molecule has 1 saturated heterocycles. The van der Waals surface area contributed by atoms with E-state index in [9.17, 15) is 4.79 Å². The standard InChI is InChI=1S/C17H20N2OS/c20-17(19-11-5-2-6-12-19)15-13-21-16(18-15)10-9-14-7-3-1-4-8-14/h1,3-4,7-8,13H,2,5-6,9-12H2. The number of amides is 1. The number of piperidine rings is 1. The van der Waals surface area contributed by atoms with Crippen LogP contribution >= 0.6 is 11.3 Å². The number of carbonyl (C=O) groups excluding carboxylic acids is 1. The lowest BCUT2D eigenvalue weighted by molar-refractivity contribution is 0.0719. The minimum atomic E-state index is 0.108. The summed E-state index contributed by atoms with van der Waals surface area (Å²) in [5, 5.41) is 2.97. The van der Waals surface area contributed by atoms with Crippen LogP contribution in [0.25, 0.3) is 0 Å². The van der Waals surface area contributed by atoms with Gasteiger partial charge in [-0.25, -0.2) is 4.98 Å². The summed E-state index contributed by atoms with van der Waals surface area (Å²) < 4.78 is 0. The highest BCUT2D eigenvalue weighted by molar-refractivity contribution is 7.09. The predicted octanol–water partition coefficient (Wildman–Crippen LogP) is 3.55. The number of rotatable bonds is 4. The number of thiazole rings is 1. The number of carbonyl (C=O) groups is 1. The van der Waals surface area contributed by atoms with E-state index in [4.69, 9.17) is 0 Å². The van der Waals surface area contributed by atoms with Gasteiger partial charge in [0.1, 0.15) is 5.69 Å². The lowest BCUT2D eigenvalue weighted by atomic mass is 10.1. The van der Waals surface area contributed by atoms with Crippen molar-refractivity contribution >= 4 is 17.2 Å². The van der Waals surface area contributed by atoms with Crippen LogP contribution < -0.4 is 0 Å². The van der Waals surface area contributed by atoms with Crippen molar-refractivity contribution in [1.29, 1.82) is 0 Å². The topological polar surface area (TPSA) is 33.2 Å². The Balaban J connectivity index is 1.59. The van der Waals surface area contributed by atoms with E-state index in [-0.39, 0.29) is 5.91 Å². The molecule has 4 heteroatoms. The van der Waals surface area contributed by atoms with Crippen molar-refractivity contribution in [3.63, 3.8) is 0 Å². The third-order valence-corrected chi connectivity index (χ3v) is 4.79. The molecule has 0 aliphatic carbocycles. The first-order valence-corrected chi connectivity index (χ1v) is 8.48. The van der Waals surface area contributed by atoms with Crippen LogP contribution in [0.1, 0.15) is 40.3 Å². The van der Waals surface area contributed by atoms with Gasteiger partial charge in [0, 0.05) is 24.9 Å². The first kappa shape index (κ1) is 14.3. The fourth-order valence-corrected chi connectivity index (χ4v) is 3.45. The number of aryl methyl sites for hydroxylation is 2. The highest BCUT2D eigenvalue weighted by Gasteiger charge is 2.20. The molecule has 21 heavy (non-hydrogen) atoms. The van der Waals surface area contributed by atoms with Gasteiger partial charge in [-0.1, -0.05) is 30.3 Å². The van der Waals surface area contributed by atoms with Gasteiger partial charge in [-0.15, -0.1) is 11.3 Å². The molecule has 0 bridgehead atoms. The average Bonchev–Trinajstić information content (AvgIpc) is 3.03. The second kappa shape index (κ2) is 6.85. The molecule has 1 aliphatic heterocycles. The second-order valence-corrected chi connectivity index (χ2v) is 6.41. The van der Waals surface area contributed by atoms with E-state index in [1.807, 2.05) is 16.3 Å². The van der Waals surface area contributed by atoms with Crippen LogP contribution in [-0.2, 0) is 12.8 Å². The molecule has 2 heterocycles. The first-order valence-electron chi connectivity index (χ1n) is 7.60. The molecule has 3 nitrogen and oxygen atoms in total. The number of hydrogen-bond donors (Lipinski definition) is 0. The maximum Gasteiger partial charge on any atom is 0.273 e. The van der Waals surface area contributed by atoms with Crippen molar-refractivity contribution in [2.24, 2.45) is 0 Å². The van der Waals surface area contributed by atoms with Crippen LogP contribution in [0, 0.1) is 0 Å². The molecule has 1 aliphatic rings. The number of hydrogen-bond acceptors (Lipinski definition) is 3. The molecule has 3 rings (SSSR count). The minimum absolute atomic E-state index is 0.108. The van der Waals surface area contributed by atoms with Crippen molar-refractivity contribution < 1.29 is 4.79 Å². The molecule has 0 saturated carbocycles. The van der Waals surface area contributed by atoms with Crippen LogP contribution in [-0.4, -0.2) is 28.9 Å². The Morgan fingerprint density at radius 3 is 2.62 bits per heavy atom. The van der Waals surface area contributed by atoms with E-state index in [0.29, 0.717) is 5.69 Å². The van der Waals surface area contributed by atoms with E-state index >= 15 is 0 Å². The number of likely N-dealkylation sites (tertiary alicyclic amines) is 1. The Morgan fingerprint density at radius 2 is 1.86 bits per heavy atom. The Morgan fingerprint density at radius 1 is 1.10 bits per heavy atom. The highest BCUT2D eigenvalue weighted by atomic mass is 32.1. The average molecular weight is 300 g/mol. The Kier molecular flexibility index (Phi) is 4.65. The maximum atomic E-state index is 12.4. The van der Waals surface area contributed by atoms with Gasteiger partial charge in [0.05, 0.1) is 5.01 Å². The van der Waals surface area contributed by atoms with Crippen LogP contribution in [0.4, 0.5) is 0 Å². The van der Waals surface area contributed by atoms with Crippen molar-refractivity contribution in [1.82, 2.24) is 9.88 Å². The van der Waals surface area contributed by atoms with Crippen LogP contribution in [0.3, 0.4) is 0 Å². The molecular weight excluding hydrogens is 280 g/mol. The van der Waals surface area contributed by atoms with E-state index < -0.39 is 0 Å². The first-order chi connectivity index (χ1) is 10.3. The molecule has 0 unspecified atom stereocenters. The zero-order valence-corrected chi connectivity index (χ0v) is 12.9. The van der Waals surface area contributed by atoms with Gasteiger partial charge in [0.25, 0.3) is 5.91 Å². The Labute approximate surface area is 129 Å². The third-order valence-electron chi connectivity index (χ3n) is 3.88. The lowest BCUT2D eigenvalue weighted by Gasteiger charge is -2.25. The molecule has 1 aromatic heterocycles. The molecular formula is C17H20N2OS.